The van der Waals surface area contributed by atoms with Gasteiger partial charge in [-0.05, 0) is 30.5 Å². The minimum atomic E-state index is -1.91. The molecule has 25 heavy (non-hydrogen) atoms. The molecule has 0 saturated heterocycles. The van der Waals surface area contributed by atoms with Crippen LogP contribution in [0.1, 0.15) is 44.7 Å². The molecule has 0 bridgehead atoms. The minimum Gasteiger partial charge on any atom is -0.508 e. The second kappa shape index (κ2) is 8.59. The topological polar surface area (TPSA) is 156 Å². The largest absolute Gasteiger partial charge is 0.508 e. The highest BCUT2D eigenvalue weighted by atomic mass is 16.4. The highest BCUT2D eigenvalue weighted by Crippen LogP contribution is 2.21. The quantitative estimate of drug-likeness (QED) is 0.404. The molecule has 1 rings (SSSR count). The number of ketones is 1. The van der Waals surface area contributed by atoms with Crippen LogP contribution in [0.3, 0.4) is 0 Å². The van der Waals surface area contributed by atoms with Crippen LogP contribution in [-0.4, -0.2) is 39.5 Å². The average Bonchev–Trinajstić information content (AvgIpc) is 2.64. The van der Waals surface area contributed by atoms with Crippen LogP contribution in [0.5, 0.6) is 5.75 Å². The monoisotopic (exact) mass is 352 g/mol. The van der Waals surface area contributed by atoms with E-state index in [2.05, 4.69) is 10.4 Å². The lowest BCUT2D eigenvalue weighted by Gasteiger charge is -2.30. The number of aromatic hydroxyl groups is 1. The lowest BCUT2D eigenvalue weighted by Crippen LogP contribution is -2.63. The zero-order valence-electron chi connectivity index (χ0n) is 15.3. The number of rotatable bonds is 9. The Morgan fingerprint density at radius 2 is 1.88 bits per heavy atom. The van der Waals surface area contributed by atoms with Crippen molar-refractivity contribution in [2.75, 3.05) is 0 Å². The molecular formula is C17H25N3O5. The summed E-state index contributed by atoms with van der Waals surface area (Å²) in [6, 6.07) is 4.54. The summed E-state index contributed by atoms with van der Waals surface area (Å²) in [5.41, 5.74) is 10.5. The van der Waals surface area contributed by atoms with Crippen molar-refractivity contribution < 1.29 is 24.6 Å². The smallest absolute Gasteiger partial charge is 0.305 e. The fourth-order valence-corrected chi connectivity index (χ4v) is 2.46. The Morgan fingerprint density at radius 1 is 1.28 bits per heavy atom. The summed E-state index contributed by atoms with van der Waals surface area (Å²) < 4.78 is 6.51. The first kappa shape index (κ1) is 18.9. The maximum atomic E-state index is 12.7. The van der Waals surface area contributed by atoms with E-state index in [-0.39, 0.29) is 12.2 Å². The number of carboxylic acids is 1. The molecule has 3 atom stereocenters. The Hall–Kier alpha value is -2.45. The molecule has 1 unspecified atom stereocenters. The van der Waals surface area contributed by atoms with E-state index in [0.717, 1.165) is 5.56 Å². The summed E-state index contributed by atoms with van der Waals surface area (Å²) in [5.74, 6) is -2.40. The Bertz CT molecular complexity index is 652. The molecule has 8 nitrogen and oxygen atoms in total. The van der Waals surface area contributed by atoms with Crippen LogP contribution >= 0.6 is 0 Å². The highest BCUT2D eigenvalue weighted by molar-refractivity contribution is 6.13. The lowest BCUT2D eigenvalue weighted by atomic mass is 9.85. The van der Waals surface area contributed by atoms with Crippen molar-refractivity contribution in [2.24, 2.45) is 11.5 Å². The van der Waals surface area contributed by atoms with Crippen molar-refractivity contribution >= 4 is 17.7 Å². The molecule has 0 aliphatic heterocycles. The number of benzene rings is 1. The number of carbonyl (C=O) groups excluding carboxylic acids is 2. The summed E-state index contributed by atoms with van der Waals surface area (Å²) in [5, 5.41) is 15.8. The van der Waals surface area contributed by atoms with Gasteiger partial charge in [-0.15, -0.1) is 0 Å². The Kier molecular flexibility index (Phi) is 6.49. The van der Waals surface area contributed by atoms with Crippen LogP contribution < -0.4 is 16.8 Å². The number of carbonyl (C=O) groups is 3. The number of phenolic OH excluding ortho intramolecular Hbond substituents is 1. The van der Waals surface area contributed by atoms with Gasteiger partial charge >= 0.3 is 5.97 Å². The van der Waals surface area contributed by atoms with Crippen LogP contribution in [-0.2, 0) is 14.4 Å². The maximum absolute atomic E-state index is 12.7. The molecule has 0 aliphatic rings. The van der Waals surface area contributed by atoms with Crippen molar-refractivity contribution in [1.29, 1.82) is 1.43 Å². The van der Waals surface area contributed by atoms with Gasteiger partial charge in [0.2, 0.25) is 5.91 Å². The van der Waals surface area contributed by atoms with Gasteiger partial charge in [0, 0.05) is 0 Å². The second-order valence-corrected chi connectivity index (χ2v) is 5.90. The summed E-state index contributed by atoms with van der Waals surface area (Å²) >= 11 is 0. The van der Waals surface area contributed by atoms with E-state index >= 15 is 0 Å². The number of Topliss-reactive ketones (excluding diaryl/α,β-unsaturated/α-hetero) is 1. The number of nitrogens with one attached hydrogen (secondary N) is 1. The average molecular weight is 352 g/mol. The van der Waals surface area contributed by atoms with E-state index in [9.17, 15) is 19.5 Å². The molecule has 7 N–H and O–H groups in total. The summed E-state index contributed by atoms with van der Waals surface area (Å²) in [4.78, 5) is 36.4. The predicted molar refractivity (Wildman–Crippen MR) is 91.7 cm³/mol. The number of phenols is 1. The van der Waals surface area contributed by atoms with E-state index in [1.54, 1.807) is 19.1 Å². The maximum Gasteiger partial charge on any atom is 0.305 e. The third-order valence-corrected chi connectivity index (χ3v) is 4.13. The third kappa shape index (κ3) is 5.01. The zero-order chi connectivity index (χ0) is 19.9. The molecule has 1 aromatic rings. The third-order valence-electron chi connectivity index (χ3n) is 4.13. The van der Waals surface area contributed by atoms with Crippen molar-refractivity contribution in [3.05, 3.63) is 29.8 Å². The van der Waals surface area contributed by atoms with Crippen LogP contribution in [0, 0.1) is 0 Å². The summed E-state index contributed by atoms with van der Waals surface area (Å²) in [6.45, 7) is 3.41. The lowest BCUT2D eigenvalue weighted by molar-refractivity contribution is -0.142. The molecule has 0 aliphatic carbocycles. The van der Waals surface area contributed by atoms with Gasteiger partial charge in [-0.3, -0.25) is 14.4 Å². The van der Waals surface area contributed by atoms with Crippen LogP contribution in [0.15, 0.2) is 24.3 Å². The normalized spacial score (nSPS) is 16.1. The van der Waals surface area contributed by atoms with Gasteiger partial charge < -0.3 is 27.0 Å². The first-order valence-corrected chi connectivity index (χ1v) is 8.04. The number of carboxylic acid groups (broad SMARTS) is 1. The number of aliphatic carboxylic acids is 1. The number of hydrogen-bond donors (Lipinski definition) is 5. The fraction of sp³-hybridized carbons (Fsp3) is 0.471. The zero-order valence-corrected chi connectivity index (χ0v) is 14.3. The second-order valence-electron chi connectivity index (χ2n) is 5.90. The molecule has 0 radical (unpaired) electrons. The molecule has 138 valence electrons. The summed E-state index contributed by atoms with van der Waals surface area (Å²) in [6.07, 6.45) is -0.0290. The Labute approximate surface area is 147 Å². The standard InChI is InChI=1S/C17H25N3O5/c1-3-13(10-5-7-11(21)8-6-10)20-16(25)17(19,4-2)15(24)12(18)9-14(22)23/h5-8,12-13,21H,3-4,9,18-19H2,1-2H3,(H,20,25)(H,22,23)/t12-,13-,17?/m0/s1/i/hD. The first-order chi connectivity index (χ1) is 12.2. The Morgan fingerprint density at radius 3 is 2.36 bits per heavy atom. The molecule has 0 heterocycles. The van der Waals surface area contributed by atoms with Gasteiger partial charge in [0.15, 0.2) is 11.3 Å². The number of hydrogen-bond acceptors (Lipinski definition) is 7. The van der Waals surface area contributed by atoms with E-state index in [1.165, 1.54) is 12.1 Å². The van der Waals surface area contributed by atoms with Gasteiger partial charge in [-0.1, -0.05) is 26.0 Å². The number of nitrogens with two attached hydrogens (primary N) is 2. The molecule has 1 amide bonds. The molecule has 0 spiro atoms. The van der Waals surface area contributed by atoms with Gasteiger partial charge in [0.25, 0.3) is 1.43 Å². The molecule has 0 saturated carbocycles. The van der Waals surface area contributed by atoms with Crippen LogP contribution in [0.25, 0.3) is 1.43 Å². The van der Waals surface area contributed by atoms with E-state index in [0.29, 0.717) is 6.42 Å². The first-order valence-electron chi connectivity index (χ1n) is 8.45. The minimum absolute atomic E-state index is 0.0205. The predicted octanol–water partition coefficient (Wildman–Crippen LogP) is 0.438. The number of amides is 1. The van der Waals surface area contributed by atoms with Crippen molar-refractivity contribution in [1.82, 2.24) is 5.32 Å². The van der Waals surface area contributed by atoms with Crippen LogP contribution in [0.4, 0.5) is 0 Å². The van der Waals surface area contributed by atoms with Crippen molar-refractivity contribution in [3.63, 3.8) is 0 Å². The Balaban J connectivity index is 2.95. The van der Waals surface area contributed by atoms with E-state index in [1.807, 2.05) is 6.92 Å². The van der Waals surface area contributed by atoms with Crippen molar-refractivity contribution in [3.8, 4) is 5.75 Å². The molecule has 1 aromatic carbocycles. The molecular weight excluding hydrogens is 326 g/mol. The highest BCUT2D eigenvalue weighted by Gasteiger charge is 2.43. The molecule has 0 aromatic heterocycles. The van der Waals surface area contributed by atoms with Crippen molar-refractivity contribution in [2.45, 2.75) is 50.7 Å². The van der Waals surface area contributed by atoms with E-state index < -0.39 is 41.7 Å². The van der Waals surface area contributed by atoms with Gasteiger partial charge in [0.1, 0.15) is 5.75 Å². The van der Waals surface area contributed by atoms with Crippen LogP contribution in [0.2, 0.25) is 0 Å². The van der Waals surface area contributed by atoms with E-state index in [4.69, 9.17) is 12.9 Å². The van der Waals surface area contributed by atoms with Gasteiger partial charge in [-0.2, -0.15) is 0 Å². The molecule has 8 heteroatoms. The molecule has 0 fully saturated rings. The SMILES string of the molecule is [2H]OC(=O)C[C@H](N)C(=O)C(N)(CC)C(=O)N[C@@H](CC)c1ccc(O)cc1. The summed E-state index contributed by atoms with van der Waals surface area (Å²) in [7, 11) is 0. The fourth-order valence-electron chi connectivity index (χ4n) is 2.46. The van der Waals surface area contributed by atoms with Gasteiger partial charge in [-0.25, -0.2) is 0 Å². The van der Waals surface area contributed by atoms with Gasteiger partial charge in [0.05, 0.1) is 18.5 Å².